The van der Waals surface area contributed by atoms with Crippen LogP contribution in [0.1, 0.15) is 270 Å². The van der Waals surface area contributed by atoms with Gasteiger partial charge in [0.15, 0.2) is 5.78 Å². The zero-order valence-corrected chi connectivity index (χ0v) is 54.7. The quantitative estimate of drug-likeness (QED) is 0.0981. The van der Waals surface area contributed by atoms with Crippen molar-refractivity contribution in [1.29, 1.82) is 0 Å². The average molecular weight is 1210 g/mol. The van der Waals surface area contributed by atoms with Crippen molar-refractivity contribution in [1.82, 2.24) is 19.9 Å². The molecule has 2 bridgehead atoms. The van der Waals surface area contributed by atoms with Crippen LogP contribution in [0.25, 0.3) is 11.0 Å². The predicted molar refractivity (Wildman–Crippen MR) is 343 cm³/mol. The van der Waals surface area contributed by atoms with E-state index < -0.39 is 62.3 Å². The third-order valence-electron chi connectivity index (χ3n) is 29.9. The number of aromatic nitrogens is 3. The molecule has 7 saturated carbocycles. The van der Waals surface area contributed by atoms with E-state index in [0.717, 1.165) is 146 Å². The molecule has 12 nitrogen and oxygen atoms in total. The number of ether oxygens (including phenoxy) is 2. The summed E-state index contributed by atoms with van der Waals surface area (Å²) in [6.07, 6.45) is 28.2. The minimum absolute atomic E-state index is 0.0590. The number of ketones is 3. The summed E-state index contributed by atoms with van der Waals surface area (Å²) in [5.41, 5.74) is 7.83. The van der Waals surface area contributed by atoms with E-state index in [2.05, 4.69) is 91.4 Å². The highest BCUT2D eigenvalue weighted by Crippen LogP contribution is 2.84. The molecule has 3 spiro atoms. The molecule has 0 amide bonds. The van der Waals surface area contributed by atoms with Crippen molar-refractivity contribution in [2.45, 2.75) is 286 Å². The van der Waals surface area contributed by atoms with E-state index in [1.54, 1.807) is 0 Å². The van der Waals surface area contributed by atoms with E-state index in [-0.39, 0.29) is 52.5 Å². The largest absolute Gasteiger partial charge is 0.392 e. The molecule has 89 heavy (non-hydrogen) atoms. The van der Waals surface area contributed by atoms with Crippen LogP contribution < -0.4 is 5.32 Å². The number of nitrogens with zero attached hydrogens (tertiary/aromatic N) is 1. The molecule has 12 heteroatoms. The molecule has 17 atom stereocenters. The monoisotopic (exact) mass is 1210 g/mol. The number of carbonyl (C=O) groups is 3. The second kappa shape index (κ2) is 19.7. The van der Waals surface area contributed by atoms with E-state index in [0.29, 0.717) is 82.1 Å². The molecule has 10 aliphatic carbocycles. The lowest BCUT2D eigenvalue weighted by Crippen LogP contribution is -2.75. The topological polar surface area (TPSA) is 182 Å². The number of aromatic amines is 2. The highest BCUT2D eigenvalue weighted by Gasteiger charge is 2.81. The molecular weight excluding hydrogens is 1110 g/mol. The summed E-state index contributed by atoms with van der Waals surface area (Å²) in [6, 6.07) is 7.29. The van der Waals surface area contributed by atoms with Crippen LogP contribution in [0.5, 0.6) is 0 Å². The van der Waals surface area contributed by atoms with E-state index >= 15 is 14.4 Å². The van der Waals surface area contributed by atoms with E-state index in [1.807, 2.05) is 13.8 Å². The molecule has 17 unspecified atom stereocenters. The number of hydrogen-bond acceptors (Lipinski definition) is 9. The van der Waals surface area contributed by atoms with Crippen LogP contribution in [-0.2, 0) is 48.8 Å². The van der Waals surface area contributed by atoms with Gasteiger partial charge < -0.3 is 44.6 Å². The van der Waals surface area contributed by atoms with E-state index in [9.17, 15) is 15.3 Å². The third-order valence-corrected chi connectivity index (χ3v) is 29.9. The summed E-state index contributed by atoms with van der Waals surface area (Å²) in [5, 5.41) is 44.5. The minimum atomic E-state index is -1.07. The summed E-state index contributed by atoms with van der Waals surface area (Å²) in [5.74, 6) is 0.00580. The van der Waals surface area contributed by atoms with Crippen LogP contribution in [0, 0.1) is 50.2 Å². The molecule has 1 aromatic carbocycles. The van der Waals surface area contributed by atoms with Crippen molar-refractivity contribution in [3.63, 3.8) is 0 Å². The summed E-state index contributed by atoms with van der Waals surface area (Å²) in [7, 11) is 2.08. The Balaban J connectivity index is 0.859. The van der Waals surface area contributed by atoms with Crippen molar-refractivity contribution in [3.8, 4) is 0 Å². The van der Waals surface area contributed by atoms with Crippen molar-refractivity contribution in [2.24, 2.45) is 50.2 Å². The number of hydrogen-bond donors (Lipinski definition) is 6. The first-order valence-corrected chi connectivity index (χ1v) is 36.0. The number of rotatable bonds is 7. The van der Waals surface area contributed by atoms with E-state index in [1.165, 1.54) is 42.5 Å². The first-order chi connectivity index (χ1) is 42.6. The number of aliphatic hydroxyl groups excluding tert-OH is 2. The van der Waals surface area contributed by atoms with E-state index in [4.69, 9.17) is 9.47 Å². The number of epoxide rings is 1. The van der Waals surface area contributed by atoms with Gasteiger partial charge in [-0.25, -0.2) is 0 Å². The maximum absolute atomic E-state index is 16.5. The number of aliphatic hydroxyl groups is 3. The average Bonchev–Trinajstić information content (AvgIpc) is 1.63. The Bertz CT molecular complexity index is 3640. The summed E-state index contributed by atoms with van der Waals surface area (Å²) < 4.78 is 15.4. The van der Waals surface area contributed by atoms with Crippen molar-refractivity contribution >= 4 is 28.4 Å². The Morgan fingerprint density at radius 2 is 1.60 bits per heavy atom. The van der Waals surface area contributed by atoms with Gasteiger partial charge in [-0.15, -0.1) is 0 Å². The van der Waals surface area contributed by atoms with Crippen LogP contribution in [0.4, 0.5) is 0 Å². The lowest BCUT2D eigenvalue weighted by atomic mass is 9.27. The van der Waals surface area contributed by atoms with Crippen molar-refractivity contribution < 1.29 is 39.2 Å². The Morgan fingerprint density at radius 3 is 2.37 bits per heavy atom. The lowest BCUT2D eigenvalue weighted by molar-refractivity contribution is -0.271. The van der Waals surface area contributed by atoms with Gasteiger partial charge >= 0.3 is 0 Å². The number of fused-ring (bicyclic) bond motifs is 10. The molecule has 13 aliphatic rings. The van der Waals surface area contributed by atoms with Gasteiger partial charge in [-0.3, -0.25) is 14.4 Å². The first kappa shape index (κ1) is 58.6. The molecule has 17 rings (SSSR count). The standard InChI is InChI=1S/C77H102N4O8/c1-69(2)68(89-69)56(84)37-70(3)27-20-45-39-80-63-51(58-50-33-46(43-15-10-8-11-16-43)34-53(48(50)18-19-54(58)82)77(87)30-32-88-74(42-77)24-12-9-13-25-74)40-81(64(45)63)41-52-59-61(70)55(83)38-72(59,5)71(4)28-22-57-73(6,66(71)65(52)85)76-29-21-44(35-76)62-49(23-31-79-62)60(76)67(86)75(57)26-14-17-47(36-75)78-7/h23,31,33-34,39-40,43-44,47,52,56-58,60,65-66,68,78-80,84-85,87H,8-22,24-30,32,35-38,41-42H2,1-7H3. The molecule has 3 aliphatic heterocycles. The van der Waals surface area contributed by atoms with Crippen molar-refractivity contribution in [3.05, 3.63) is 92.6 Å². The Kier molecular flexibility index (Phi) is 13.0. The van der Waals surface area contributed by atoms with Crippen molar-refractivity contribution in [2.75, 3.05) is 13.7 Å². The number of carbonyl (C=O) groups excluding carboxylic acids is 3. The molecule has 2 saturated heterocycles. The molecule has 0 radical (unpaired) electrons. The maximum atomic E-state index is 16.5. The second-order valence-electron chi connectivity index (χ2n) is 34.2. The molecule has 3 aromatic heterocycles. The maximum Gasteiger partial charge on any atom is 0.160 e. The van der Waals surface area contributed by atoms with Gasteiger partial charge in [-0.05, 0) is 214 Å². The third kappa shape index (κ3) is 7.83. The van der Waals surface area contributed by atoms with Crippen LogP contribution in [0.2, 0.25) is 0 Å². The van der Waals surface area contributed by atoms with Crippen LogP contribution >= 0.6 is 0 Å². The number of H-pyrrole nitrogens is 2. The molecular formula is C77H102N4O8. The van der Waals surface area contributed by atoms with Gasteiger partial charge in [0.25, 0.3) is 0 Å². The normalized spacial score (nSPS) is 43.1. The first-order valence-electron chi connectivity index (χ1n) is 36.0. The SMILES string of the molecule is CNC1CCCC2(C1)C(=O)C1c3cc[nH]c3C3CCC1(C3)C1(C)C2CCC2(C)C1C(O)C1Cn3cc(C4C(=O)CCc5c4cc(C4CCCCC4)cc5C4(O)CCOC5(CCCCC5)C4)c4[nH]cc(c43)CCC(C)(CC(O)C3OC3(C)C)C3=C1C2(C)CC3=O. The summed E-state index contributed by atoms with van der Waals surface area (Å²) in [6.45, 7) is 14.8. The van der Waals surface area contributed by atoms with Gasteiger partial charge in [0.2, 0.25) is 0 Å². The molecule has 6 heterocycles. The molecule has 6 N–H and O–H groups in total. The van der Waals surface area contributed by atoms with Gasteiger partial charge in [0.1, 0.15) is 17.7 Å². The van der Waals surface area contributed by atoms with Gasteiger partial charge in [-0.1, -0.05) is 84.8 Å². The number of allylic oxidation sites excluding steroid dienone is 1. The molecule has 478 valence electrons. The van der Waals surface area contributed by atoms with Gasteiger partial charge in [-0.2, -0.15) is 0 Å². The zero-order valence-electron chi connectivity index (χ0n) is 54.7. The lowest BCUT2D eigenvalue weighted by Gasteiger charge is -2.76. The molecule has 9 fully saturated rings. The Morgan fingerprint density at radius 1 is 0.809 bits per heavy atom. The van der Waals surface area contributed by atoms with Crippen LogP contribution in [0.3, 0.4) is 0 Å². The van der Waals surface area contributed by atoms with Crippen LogP contribution in [0.15, 0.2) is 47.9 Å². The summed E-state index contributed by atoms with van der Waals surface area (Å²) >= 11 is 0. The smallest absolute Gasteiger partial charge is 0.160 e. The fourth-order valence-electron chi connectivity index (χ4n) is 25.9. The summed E-state index contributed by atoms with van der Waals surface area (Å²) in [4.78, 5) is 55.8. The molecule has 4 aromatic rings. The zero-order chi connectivity index (χ0) is 61.4. The number of aryl methyl sites for hydroxylation is 1. The second-order valence-corrected chi connectivity index (χ2v) is 34.2. The minimum Gasteiger partial charge on any atom is -0.392 e. The number of nitrogens with one attached hydrogen (secondary N) is 3. The van der Waals surface area contributed by atoms with Gasteiger partial charge in [0, 0.05) is 90.4 Å². The Labute approximate surface area is 527 Å². The highest BCUT2D eigenvalue weighted by atomic mass is 16.6. The highest BCUT2D eigenvalue weighted by molar-refractivity contribution is 6.02. The van der Waals surface area contributed by atoms with Gasteiger partial charge in [0.05, 0.1) is 58.5 Å². The Hall–Kier alpha value is -4.17. The predicted octanol–water partition coefficient (Wildman–Crippen LogP) is 13.7. The number of Topliss-reactive ketones (excluding diaryl/α,β-unsaturated/α-hetero) is 3. The number of benzene rings is 1. The fourth-order valence-corrected chi connectivity index (χ4v) is 25.9. The fraction of sp³-hybridized carbons (Fsp3) is 0.727. The van der Waals surface area contributed by atoms with Crippen LogP contribution in [-0.4, -0.2) is 96.4 Å².